The van der Waals surface area contributed by atoms with Gasteiger partial charge in [0.25, 0.3) is 17.3 Å². The topological polar surface area (TPSA) is 263 Å². The quantitative estimate of drug-likeness (QED) is 0.0346. The molecule has 262 valence electrons. The molecule has 2 aliphatic heterocycles. The van der Waals surface area contributed by atoms with Crippen molar-refractivity contribution in [2.24, 2.45) is 5.16 Å². The number of ether oxygens (including phenoxy) is 2. The minimum atomic E-state index is -1.77. The highest BCUT2D eigenvalue weighted by molar-refractivity contribution is 8.02. The second-order valence-electron chi connectivity index (χ2n) is 9.84. The predicted molar refractivity (Wildman–Crippen MR) is 181 cm³/mol. The van der Waals surface area contributed by atoms with Gasteiger partial charge in [-0.25, -0.2) is 14.6 Å². The molecular weight excluding hydrogens is 759 g/mol. The second-order valence-corrected chi connectivity index (χ2v) is 15.0. The van der Waals surface area contributed by atoms with Crippen LogP contribution in [0.25, 0.3) is 0 Å². The number of amides is 2. The van der Waals surface area contributed by atoms with Crippen LogP contribution in [0.1, 0.15) is 19.5 Å². The summed E-state index contributed by atoms with van der Waals surface area (Å²) in [6.07, 6.45) is 1.55. The van der Waals surface area contributed by atoms with Gasteiger partial charge in [0.15, 0.2) is 22.3 Å². The molecule has 0 bridgehead atoms. The van der Waals surface area contributed by atoms with Crippen molar-refractivity contribution >= 4 is 105 Å². The number of benzene rings is 1. The Morgan fingerprint density at radius 1 is 1.16 bits per heavy atom. The Labute approximate surface area is 301 Å². The number of nitrogen functional groups attached to an aromatic ring is 1. The molecule has 1 aromatic carbocycles. The molecule has 18 nitrogen and oxygen atoms in total. The molecule has 0 spiro atoms. The first-order chi connectivity index (χ1) is 23.8. The lowest BCUT2D eigenvalue weighted by Gasteiger charge is -2.49. The number of aliphatic carboxylic acids is 2. The van der Waals surface area contributed by atoms with Gasteiger partial charge in [-0.1, -0.05) is 21.4 Å². The first-order valence-electron chi connectivity index (χ1n) is 13.8. The number of oxime groups is 1. The van der Waals surface area contributed by atoms with Gasteiger partial charge in [0, 0.05) is 35.6 Å². The van der Waals surface area contributed by atoms with E-state index in [0.29, 0.717) is 17.3 Å². The Hall–Kier alpha value is -4.71. The van der Waals surface area contributed by atoms with Crippen LogP contribution in [0.15, 0.2) is 55.3 Å². The number of nitrogens with zero attached hydrogens (tertiary/aromatic N) is 5. The van der Waals surface area contributed by atoms with Crippen LogP contribution in [0.5, 0.6) is 11.5 Å². The standard InChI is InChI=1S/C27H23N7O11S5/c1-10(35)43-15-4-3-13(5-16(15)44-11(2)36)49-26(25(41)42)45-32-18(14-9-48-27(28)30-14)21(37)31-19-22(38)34-20(24(39)40)12(8-47-23(19)34)7-46-17-6-29-33-50-17/h3-6,9,19,23,26H,7-8H2,1-2H3,(H2,28,30)(H,31,37)(H,39,40)(H,41,42)/b32-18-/t19-,23+,26-/m1/s1. The molecule has 5 rings (SSSR count). The van der Waals surface area contributed by atoms with Crippen molar-refractivity contribution < 1.29 is 53.3 Å². The van der Waals surface area contributed by atoms with E-state index in [-0.39, 0.29) is 44.4 Å². The fourth-order valence-corrected chi connectivity index (χ4v) is 8.57. The van der Waals surface area contributed by atoms with Crippen molar-refractivity contribution in [3.63, 3.8) is 0 Å². The summed E-state index contributed by atoms with van der Waals surface area (Å²) in [5.74, 6) is -5.54. The fraction of sp³-hybridized carbons (Fsp3) is 0.259. The number of anilines is 1. The number of rotatable bonds is 14. The number of carbonyl (C=O) groups excluding carboxylic acids is 4. The van der Waals surface area contributed by atoms with Gasteiger partial charge in [0.2, 0.25) is 0 Å². The van der Waals surface area contributed by atoms with E-state index in [1.807, 2.05) is 0 Å². The summed E-state index contributed by atoms with van der Waals surface area (Å²) >= 11 is 5.32. The first kappa shape index (κ1) is 36.6. The van der Waals surface area contributed by atoms with Gasteiger partial charge in [0.1, 0.15) is 27.0 Å². The zero-order chi connectivity index (χ0) is 36.1. The number of nitrogens with two attached hydrogens (primary N) is 1. The molecule has 4 heterocycles. The minimum Gasteiger partial charge on any atom is -0.478 e. The summed E-state index contributed by atoms with van der Waals surface area (Å²) in [5.41, 5.74) is 3.75. The van der Waals surface area contributed by atoms with Gasteiger partial charge in [-0.3, -0.25) is 24.1 Å². The van der Waals surface area contributed by atoms with Crippen LogP contribution in [-0.2, 0) is 33.6 Å². The molecule has 3 aromatic rings. The van der Waals surface area contributed by atoms with E-state index in [1.54, 1.807) is 6.20 Å². The summed E-state index contributed by atoms with van der Waals surface area (Å²) in [6.45, 7) is 2.27. The number of nitrogens with one attached hydrogen (secondary N) is 1. The molecule has 1 fully saturated rings. The van der Waals surface area contributed by atoms with Crippen LogP contribution < -0.4 is 20.5 Å². The van der Waals surface area contributed by atoms with Crippen LogP contribution in [0, 0.1) is 0 Å². The van der Waals surface area contributed by atoms with E-state index in [9.17, 15) is 39.0 Å². The average Bonchev–Trinajstić information content (AvgIpc) is 3.74. The molecule has 0 aliphatic carbocycles. The number of esters is 2. The largest absolute Gasteiger partial charge is 0.478 e. The van der Waals surface area contributed by atoms with Gasteiger partial charge < -0.3 is 35.6 Å². The zero-order valence-corrected chi connectivity index (χ0v) is 29.5. The van der Waals surface area contributed by atoms with Gasteiger partial charge in [-0.2, -0.15) is 0 Å². The van der Waals surface area contributed by atoms with E-state index in [1.165, 1.54) is 47.1 Å². The number of carboxylic acid groups (broad SMARTS) is 2. The molecule has 50 heavy (non-hydrogen) atoms. The van der Waals surface area contributed by atoms with Crippen molar-refractivity contribution in [2.75, 3.05) is 17.2 Å². The van der Waals surface area contributed by atoms with Crippen molar-refractivity contribution in [1.29, 1.82) is 0 Å². The van der Waals surface area contributed by atoms with E-state index in [4.69, 9.17) is 20.0 Å². The number of carbonyl (C=O) groups is 6. The summed E-state index contributed by atoms with van der Waals surface area (Å²) in [5, 5.41) is 30.6. The summed E-state index contributed by atoms with van der Waals surface area (Å²) < 4.78 is 14.7. The highest BCUT2D eigenvalue weighted by Gasteiger charge is 2.54. The summed E-state index contributed by atoms with van der Waals surface area (Å²) in [4.78, 5) is 84.8. The molecule has 0 unspecified atom stereocenters. The number of hydrogen-bond acceptors (Lipinski definition) is 19. The van der Waals surface area contributed by atoms with Gasteiger partial charge in [-0.05, 0) is 35.3 Å². The van der Waals surface area contributed by atoms with Crippen molar-refractivity contribution in [3.05, 3.63) is 46.7 Å². The van der Waals surface area contributed by atoms with Gasteiger partial charge in [-0.15, -0.1) is 40.0 Å². The Morgan fingerprint density at radius 2 is 1.90 bits per heavy atom. The van der Waals surface area contributed by atoms with Crippen molar-refractivity contribution in [1.82, 2.24) is 24.8 Å². The molecule has 0 radical (unpaired) electrons. The lowest BCUT2D eigenvalue weighted by Crippen LogP contribution is -2.71. The zero-order valence-electron chi connectivity index (χ0n) is 25.5. The maximum atomic E-state index is 13.5. The third-order valence-electron chi connectivity index (χ3n) is 6.35. The molecule has 2 aromatic heterocycles. The van der Waals surface area contributed by atoms with E-state index >= 15 is 0 Å². The predicted octanol–water partition coefficient (Wildman–Crippen LogP) is 1.88. The first-order valence-corrected chi connectivity index (χ1v) is 18.4. The molecule has 0 saturated carbocycles. The Kier molecular flexibility index (Phi) is 11.6. The number of thiazole rings is 1. The molecule has 23 heteroatoms. The maximum Gasteiger partial charge on any atom is 0.358 e. The highest BCUT2D eigenvalue weighted by atomic mass is 32.2. The van der Waals surface area contributed by atoms with E-state index < -0.39 is 58.3 Å². The SMILES string of the molecule is CC(=O)Oc1ccc(S[C@@H](O/N=C(\C(=O)N[C@@H]2C(=O)N3C(C(=O)O)=C(CSc4cnns4)CS[C@@H]23)c2csc(N)n2)C(=O)O)cc1OC(C)=O. The maximum absolute atomic E-state index is 13.5. The molecule has 2 amide bonds. The number of fused-ring (bicyclic) bond motifs is 1. The smallest absolute Gasteiger partial charge is 0.358 e. The average molecular weight is 782 g/mol. The van der Waals surface area contributed by atoms with Gasteiger partial charge in [0.05, 0.1) is 6.20 Å². The fourth-order valence-electron chi connectivity index (χ4n) is 4.36. The van der Waals surface area contributed by atoms with Crippen molar-refractivity contribution in [2.45, 2.75) is 39.8 Å². The Bertz CT molecular complexity index is 1920. The van der Waals surface area contributed by atoms with Crippen LogP contribution in [0.2, 0.25) is 0 Å². The van der Waals surface area contributed by atoms with Crippen LogP contribution in [-0.4, -0.2) is 99.4 Å². The van der Waals surface area contributed by atoms with Crippen LogP contribution in [0.3, 0.4) is 0 Å². The minimum absolute atomic E-state index is 0.0556. The lowest BCUT2D eigenvalue weighted by atomic mass is 10.0. The Balaban J connectivity index is 1.33. The summed E-state index contributed by atoms with van der Waals surface area (Å²) in [7, 11) is 0. The second kappa shape index (κ2) is 15.9. The third kappa shape index (κ3) is 8.53. The van der Waals surface area contributed by atoms with Crippen LogP contribution in [0.4, 0.5) is 5.13 Å². The lowest BCUT2D eigenvalue weighted by molar-refractivity contribution is -0.150. The molecule has 1 saturated heterocycles. The summed E-state index contributed by atoms with van der Waals surface area (Å²) in [6, 6.07) is 2.76. The number of β-lactam (4-membered cyclic amide) rings is 1. The number of hydrogen-bond donors (Lipinski definition) is 4. The molecule has 3 atom stereocenters. The molecule has 2 aliphatic rings. The van der Waals surface area contributed by atoms with Gasteiger partial charge >= 0.3 is 23.9 Å². The number of carboxylic acids is 2. The Morgan fingerprint density at radius 3 is 2.52 bits per heavy atom. The van der Waals surface area contributed by atoms with E-state index in [2.05, 4.69) is 25.0 Å². The van der Waals surface area contributed by atoms with Crippen molar-refractivity contribution in [3.8, 4) is 11.5 Å². The highest BCUT2D eigenvalue weighted by Crippen LogP contribution is 2.42. The van der Waals surface area contributed by atoms with Crippen LogP contribution >= 0.6 is 58.2 Å². The molecule has 5 N–H and O–H groups in total. The molecular formula is C27H23N7O11S5. The monoisotopic (exact) mass is 781 g/mol. The van der Waals surface area contributed by atoms with E-state index in [0.717, 1.165) is 45.8 Å². The number of aromatic nitrogens is 3. The number of thioether (sulfide) groups is 3. The third-order valence-corrected chi connectivity index (χ3v) is 11.3. The normalized spacial score (nSPS) is 17.7.